The lowest BCUT2D eigenvalue weighted by molar-refractivity contribution is 0.0981. The van der Waals surface area contributed by atoms with Crippen LogP contribution < -0.4 is 0 Å². The van der Waals surface area contributed by atoms with Crippen LogP contribution in [0, 0.1) is 0 Å². The van der Waals surface area contributed by atoms with E-state index in [1.165, 1.54) is 11.1 Å². The molecule has 0 saturated heterocycles. The standard InChI is InChI=1S/C13H15BrO/c1-8(2)10-4-3-9-5-6-12(14)13(15)11(9)7-10/h3-4,7-8,12H,5-6H2,1-2H3. The maximum atomic E-state index is 11.9. The lowest BCUT2D eigenvalue weighted by atomic mass is 9.87. The van der Waals surface area contributed by atoms with E-state index in [9.17, 15) is 4.79 Å². The number of carbonyl (C=O) groups excluding carboxylic acids is 1. The number of carbonyl (C=O) groups is 1. The molecule has 0 N–H and O–H groups in total. The maximum absolute atomic E-state index is 11.9. The lowest BCUT2D eigenvalue weighted by Gasteiger charge is -2.20. The third-order valence-electron chi connectivity index (χ3n) is 3.02. The van der Waals surface area contributed by atoms with Gasteiger partial charge in [-0.3, -0.25) is 4.79 Å². The fourth-order valence-corrected chi connectivity index (χ4v) is 2.46. The molecule has 0 spiro atoms. The number of Topliss-reactive ketones (excluding diaryl/α,β-unsaturated/α-hetero) is 1. The monoisotopic (exact) mass is 266 g/mol. The quantitative estimate of drug-likeness (QED) is 0.709. The first-order valence-electron chi connectivity index (χ1n) is 5.40. The van der Waals surface area contributed by atoms with Crippen molar-refractivity contribution in [3.8, 4) is 0 Å². The molecular weight excluding hydrogens is 252 g/mol. The summed E-state index contributed by atoms with van der Waals surface area (Å²) in [4.78, 5) is 12.0. The second-order valence-electron chi connectivity index (χ2n) is 4.44. The van der Waals surface area contributed by atoms with Crippen molar-refractivity contribution in [2.24, 2.45) is 0 Å². The molecule has 1 aromatic carbocycles. The highest BCUT2D eigenvalue weighted by atomic mass is 79.9. The smallest absolute Gasteiger partial charge is 0.176 e. The van der Waals surface area contributed by atoms with Gasteiger partial charge in [-0.25, -0.2) is 0 Å². The summed E-state index contributed by atoms with van der Waals surface area (Å²) < 4.78 is 0. The number of halogens is 1. The highest BCUT2D eigenvalue weighted by Gasteiger charge is 2.25. The molecular formula is C13H15BrO. The van der Waals surface area contributed by atoms with Crippen LogP contribution >= 0.6 is 15.9 Å². The molecule has 1 aromatic rings. The molecule has 0 radical (unpaired) electrons. The van der Waals surface area contributed by atoms with Gasteiger partial charge in [0.15, 0.2) is 5.78 Å². The Hall–Kier alpha value is -0.630. The van der Waals surface area contributed by atoms with Gasteiger partial charge in [-0.15, -0.1) is 0 Å². The number of rotatable bonds is 1. The number of fused-ring (bicyclic) bond motifs is 1. The molecule has 1 aliphatic rings. The first-order valence-corrected chi connectivity index (χ1v) is 6.32. The molecule has 0 amide bonds. The SMILES string of the molecule is CC(C)c1ccc2c(c1)C(=O)C(Br)CC2. The van der Waals surface area contributed by atoms with Crippen molar-refractivity contribution in [3.05, 3.63) is 34.9 Å². The molecule has 1 nitrogen and oxygen atoms in total. The Labute approximate surface area is 99.0 Å². The van der Waals surface area contributed by atoms with E-state index in [1.807, 2.05) is 0 Å². The van der Waals surface area contributed by atoms with Crippen molar-refractivity contribution < 1.29 is 4.79 Å². The highest BCUT2D eigenvalue weighted by molar-refractivity contribution is 9.10. The van der Waals surface area contributed by atoms with E-state index >= 15 is 0 Å². The molecule has 1 unspecified atom stereocenters. The van der Waals surface area contributed by atoms with Gasteiger partial charge in [0, 0.05) is 5.56 Å². The van der Waals surface area contributed by atoms with Gasteiger partial charge in [0.2, 0.25) is 0 Å². The van der Waals surface area contributed by atoms with Crippen LogP contribution in [0.3, 0.4) is 0 Å². The minimum absolute atomic E-state index is 0.0208. The zero-order chi connectivity index (χ0) is 11.0. The Kier molecular flexibility index (Phi) is 2.96. The van der Waals surface area contributed by atoms with Crippen molar-refractivity contribution in [1.82, 2.24) is 0 Å². The molecule has 0 aromatic heterocycles. The topological polar surface area (TPSA) is 17.1 Å². The van der Waals surface area contributed by atoms with Crippen molar-refractivity contribution in [1.29, 1.82) is 0 Å². The predicted molar refractivity (Wildman–Crippen MR) is 65.9 cm³/mol. The number of aryl methyl sites for hydroxylation is 1. The van der Waals surface area contributed by atoms with Gasteiger partial charge in [-0.1, -0.05) is 41.9 Å². The summed E-state index contributed by atoms with van der Waals surface area (Å²) in [5, 5.41) is 0. The minimum Gasteiger partial charge on any atom is -0.293 e. The van der Waals surface area contributed by atoms with Crippen molar-refractivity contribution >= 4 is 21.7 Å². The van der Waals surface area contributed by atoms with Crippen LogP contribution in [0.4, 0.5) is 0 Å². The molecule has 0 heterocycles. The molecule has 0 fully saturated rings. The molecule has 80 valence electrons. The van der Waals surface area contributed by atoms with Crippen LogP contribution in [0.1, 0.15) is 47.7 Å². The Morgan fingerprint density at radius 1 is 1.40 bits per heavy atom. The van der Waals surface area contributed by atoms with E-state index in [-0.39, 0.29) is 10.6 Å². The van der Waals surface area contributed by atoms with Gasteiger partial charge in [-0.2, -0.15) is 0 Å². The molecule has 0 saturated carbocycles. The van der Waals surface area contributed by atoms with E-state index in [2.05, 4.69) is 48.0 Å². The third-order valence-corrected chi connectivity index (χ3v) is 3.89. The molecule has 15 heavy (non-hydrogen) atoms. The second kappa shape index (κ2) is 4.09. The number of hydrogen-bond acceptors (Lipinski definition) is 1. The van der Waals surface area contributed by atoms with Crippen LogP contribution in [0.15, 0.2) is 18.2 Å². The zero-order valence-electron chi connectivity index (χ0n) is 9.09. The normalized spacial score (nSPS) is 20.5. The average molecular weight is 267 g/mol. The van der Waals surface area contributed by atoms with Crippen LogP contribution in [0.25, 0.3) is 0 Å². The van der Waals surface area contributed by atoms with Gasteiger partial charge in [0.25, 0.3) is 0 Å². The highest BCUT2D eigenvalue weighted by Crippen LogP contribution is 2.28. The molecule has 2 rings (SSSR count). The average Bonchev–Trinajstić information content (AvgIpc) is 2.23. The fraction of sp³-hybridized carbons (Fsp3) is 0.462. The van der Waals surface area contributed by atoms with Crippen LogP contribution in [0.5, 0.6) is 0 Å². The number of hydrogen-bond donors (Lipinski definition) is 0. The Balaban J connectivity index is 2.46. The van der Waals surface area contributed by atoms with Gasteiger partial charge >= 0.3 is 0 Å². The van der Waals surface area contributed by atoms with Crippen LogP contribution in [0.2, 0.25) is 0 Å². The first-order chi connectivity index (χ1) is 7.09. The summed E-state index contributed by atoms with van der Waals surface area (Å²) >= 11 is 3.44. The molecule has 1 atom stereocenters. The van der Waals surface area contributed by atoms with Gasteiger partial charge in [-0.05, 0) is 36.0 Å². The van der Waals surface area contributed by atoms with E-state index in [4.69, 9.17) is 0 Å². The number of benzene rings is 1. The fourth-order valence-electron chi connectivity index (χ4n) is 1.98. The van der Waals surface area contributed by atoms with Crippen molar-refractivity contribution in [3.63, 3.8) is 0 Å². The predicted octanol–water partition coefficient (Wildman–Crippen LogP) is 3.70. The number of alkyl halides is 1. The second-order valence-corrected chi connectivity index (χ2v) is 5.55. The summed E-state index contributed by atoms with van der Waals surface area (Å²) in [6.07, 6.45) is 1.93. The summed E-state index contributed by atoms with van der Waals surface area (Å²) in [6, 6.07) is 6.32. The maximum Gasteiger partial charge on any atom is 0.176 e. The van der Waals surface area contributed by atoms with Gasteiger partial charge in [0.05, 0.1) is 4.83 Å². The Morgan fingerprint density at radius 3 is 2.80 bits per heavy atom. The summed E-state index contributed by atoms with van der Waals surface area (Å²) in [5.41, 5.74) is 3.39. The molecule has 0 bridgehead atoms. The third kappa shape index (κ3) is 2.00. The Morgan fingerprint density at radius 2 is 2.13 bits per heavy atom. The summed E-state index contributed by atoms with van der Waals surface area (Å²) in [5.74, 6) is 0.734. The minimum atomic E-state index is 0.0208. The lowest BCUT2D eigenvalue weighted by Crippen LogP contribution is -2.22. The van der Waals surface area contributed by atoms with E-state index in [0.717, 1.165) is 18.4 Å². The van der Waals surface area contributed by atoms with Crippen LogP contribution in [-0.4, -0.2) is 10.6 Å². The van der Waals surface area contributed by atoms with Crippen molar-refractivity contribution in [2.45, 2.75) is 37.4 Å². The largest absolute Gasteiger partial charge is 0.293 e. The summed E-state index contributed by atoms with van der Waals surface area (Å²) in [6.45, 7) is 4.31. The first kappa shape index (κ1) is 10.9. The van der Waals surface area contributed by atoms with E-state index < -0.39 is 0 Å². The summed E-state index contributed by atoms with van der Waals surface area (Å²) in [7, 11) is 0. The molecule has 0 aliphatic heterocycles. The van der Waals surface area contributed by atoms with E-state index in [0.29, 0.717) is 5.92 Å². The van der Waals surface area contributed by atoms with Gasteiger partial charge in [0.1, 0.15) is 0 Å². The molecule has 2 heteroatoms. The van der Waals surface area contributed by atoms with E-state index in [1.54, 1.807) is 0 Å². The van der Waals surface area contributed by atoms with Crippen molar-refractivity contribution in [2.75, 3.05) is 0 Å². The Bertz CT molecular complexity index is 396. The van der Waals surface area contributed by atoms with Crippen LogP contribution in [-0.2, 0) is 6.42 Å². The number of ketones is 1. The van der Waals surface area contributed by atoms with Gasteiger partial charge < -0.3 is 0 Å². The molecule has 1 aliphatic carbocycles. The zero-order valence-corrected chi connectivity index (χ0v) is 10.7.